The Kier molecular flexibility index (Phi) is 7.34. The number of ether oxygens (including phenoxy) is 3. The number of aliphatic hydroxyl groups is 1. The molecule has 0 aliphatic carbocycles. The monoisotopic (exact) mass is 557 g/mol. The fourth-order valence-corrected chi connectivity index (χ4v) is 5.11. The maximum absolute atomic E-state index is 13.4. The summed E-state index contributed by atoms with van der Waals surface area (Å²) in [6.07, 6.45) is 2.23. The number of non-ortho nitro benzene ring substituents is 1. The van der Waals surface area contributed by atoms with E-state index >= 15 is 0 Å². The molecule has 1 atom stereocenters. The molecule has 41 heavy (non-hydrogen) atoms. The van der Waals surface area contributed by atoms with Crippen molar-refractivity contribution in [1.82, 2.24) is 9.88 Å². The van der Waals surface area contributed by atoms with Crippen molar-refractivity contribution >= 4 is 34.0 Å². The first-order valence-electron chi connectivity index (χ1n) is 12.7. The van der Waals surface area contributed by atoms with Crippen LogP contribution in [0.5, 0.6) is 17.2 Å². The summed E-state index contributed by atoms with van der Waals surface area (Å²) in [5.74, 6) is -0.611. The molecule has 0 saturated carbocycles. The number of likely N-dealkylation sites (tertiary alicyclic amines) is 1. The second-order valence-corrected chi connectivity index (χ2v) is 9.39. The summed E-state index contributed by atoms with van der Waals surface area (Å²) < 4.78 is 16.0. The smallest absolute Gasteiger partial charge is 0.295 e. The van der Waals surface area contributed by atoms with Gasteiger partial charge in [-0.15, -0.1) is 0 Å². The Morgan fingerprint density at radius 1 is 0.976 bits per heavy atom. The number of nitrogens with zero attached hydrogens (tertiary/aromatic N) is 2. The van der Waals surface area contributed by atoms with Gasteiger partial charge in [-0.05, 0) is 66.1 Å². The molecule has 0 spiro atoms. The van der Waals surface area contributed by atoms with Gasteiger partial charge in [0, 0.05) is 41.3 Å². The van der Waals surface area contributed by atoms with Crippen LogP contribution in [-0.4, -0.2) is 59.5 Å². The Bertz CT molecular complexity index is 1690. The highest BCUT2D eigenvalue weighted by Gasteiger charge is 2.46. The van der Waals surface area contributed by atoms with Crippen molar-refractivity contribution in [2.24, 2.45) is 0 Å². The van der Waals surface area contributed by atoms with Gasteiger partial charge in [-0.25, -0.2) is 0 Å². The number of nitro benzene ring substituents is 1. The van der Waals surface area contributed by atoms with Crippen molar-refractivity contribution in [2.45, 2.75) is 12.5 Å². The minimum Gasteiger partial charge on any atom is -0.507 e. The number of ketones is 1. The highest BCUT2D eigenvalue weighted by molar-refractivity contribution is 6.46. The molecule has 210 valence electrons. The summed E-state index contributed by atoms with van der Waals surface area (Å²) in [4.78, 5) is 42.2. The molecule has 0 radical (unpaired) electrons. The first kappa shape index (κ1) is 27.3. The number of methoxy groups -OCH3 is 3. The predicted molar refractivity (Wildman–Crippen MR) is 150 cm³/mol. The van der Waals surface area contributed by atoms with Crippen molar-refractivity contribution in [3.05, 3.63) is 99.2 Å². The maximum atomic E-state index is 13.4. The summed E-state index contributed by atoms with van der Waals surface area (Å²) in [5.41, 5.74) is 2.22. The number of hydrogen-bond donors (Lipinski definition) is 2. The number of aromatic amines is 1. The van der Waals surface area contributed by atoms with E-state index in [9.17, 15) is 24.8 Å². The lowest BCUT2D eigenvalue weighted by Crippen LogP contribution is -2.31. The van der Waals surface area contributed by atoms with Gasteiger partial charge in [-0.1, -0.05) is 0 Å². The lowest BCUT2D eigenvalue weighted by Gasteiger charge is -2.25. The van der Waals surface area contributed by atoms with Crippen molar-refractivity contribution in [1.29, 1.82) is 0 Å². The van der Waals surface area contributed by atoms with Gasteiger partial charge >= 0.3 is 0 Å². The number of nitro groups is 1. The molecule has 4 aromatic rings. The van der Waals surface area contributed by atoms with E-state index < -0.39 is 28.4 Å². The third-order valence-electron chi connectivity index (χ3n) is 7.21. The van der Waals surface area contributed by atoms with E-state index in [4.69, 9.17) is 14.2 Å². The molecule has 5 rings (SSSR count). The number of rotatable bonds is 9. The number of aliphatic hydroxyl groups excluding tert-OH is 1. The number of Topliss-reactive ketones (excluding diaryl/α,β-unsaturated/α-hetero) is 1. The van der Waals surface area contributed by atoms with Gasteiger partial charge in [0.25, 0.3) is 17.4 Å². The Morgan fingerprint density at radius 2 is 1.71 bits per heavy atom. The molecule has 11 heteroatoms. The minimum atomic E-state index is -0.983. The SMILES string of the molecule is COc1ccc2[nH]cc(CCN3C(=O)C(=O)C(=C(O)c4ccc(OC)c(OC)c4)[C@@H]3c3ccc([N+](=O)[O-])cc3)c2c1. The third kappa shape index (κ3) is 4.93. The lowest BCUT2D eigenvalue weighted by molar-refractivity contribution is -0.384. The molecular formula is C30H27N3O8. The number of amides is 1. The van der Waals surface area contributed by atoms with Crippen LogP contribution in [0, 0.1) is 10.1 Å². The van der Waals surface area contributed by atoms with Crippen molar-refractivity contribution in [3.63, 3.8) is 0 Å². The molecule has 1 amide bonds. The largest absolute Gasteiger partial charge is 0.507 e. The van der Waals surface area contributed by atoms with Crippen LogP contribution in [0.25, 0.3) is 16.7 Å². The highest BCUT2D eigenvalue weighted by Crippen LogP contribution is 2.41. The van der Waals surface area contributed by atoms with E-state index in [0.717, 1.165) is 16.5 Å². The molecule has 11 nitrogen and oxygen atoms in total. The number of carbonyl (C=O) groups is 2. The number of H-pyrrole nitrogens is 1. The first-order valence-corrected chi connectivity index (χ1v) is 12.7. The van der Waals surface area contributed by atoms with E-state index in [-0.39, 0.29) is 23.4 Å². The number of carbonyl (C=O) groups excluding carboxylic acids is 2. The molecule has 0 bridgehead atoms. The Labute approximate surface area is 234 Å². The number of aromatic nitrogens is 1. The normalized spacial score (nSPS) is 16.3. The van der Waals surface area contributed by atoms with Crippen LogP contribution >= 0.6 is 0 Å². The van der Waals surface area contributed by atoms with Gasteiger partial charge in [0.05, 0.1) is 37.9 Å². The summed E-state index contributed by atoms with van der Waals surface area (Å²) in [7, 11) is 4.49. The molecule has 1 fully saturated rings. The predicted octanol–water partition coefficient (Wildman–Crippen LogP) is 4.77. The molecule has 1 aliphatic rings. The Hall–Kier alpha value is -5.32. The average Bonchev–Trinajstić information content (AvgIpc) is 3.52. The fourth-order valence-electron chi connectivity index (χ4n) is 5.11. The molecule has 0 unspecified atom stereocenters. The molecule has 2 heterocycles. The van der Waals surface area contributed by atoms with Crippen LogP contribution in [0.15, 0.2) is 72.4 Å². The molecule has 2 N–H and O–H groups in total. The van der Waals surface area contributed by atoms with Crippen molar-refractivity contribution < 1.29 is 33.8 Å². The Morgan fingerprint density at radius 3 is 2.37 bits per heavy atom. The number of benzene rings is 3. The number of nitrogens with one attached hydrogen (secondary N) is 1. The van der Waals surface area contributed by atoms with Crippen LogP contribution in [0.4, 0.5) is 5.69 Å². The van der Waals surface area contributed by atoms with E-state index in [1.807, 2.05) is 24.4 Å². The summed E-state index contributed by atoms with van der Waals surface area (Å²) in [6.45, 7) is 0.138. The first-order chi connectivity index (χ1) is 19.8. The van der Waals surface area contributed by atoms with Gasteiger partial charge in [-0.3, -0.25) is 19.7 Å². The molecule has 1 aromatic heterocycles. The average molecular weight is 558 g/mol. The molecular weight excluding hydrogens is 530 g/mol. The zero-order chi connectivity index (χ0) is 29.3. The minimum absolute atomic E-state index is 0.128. The van der Waals surface area contributed by atoms with Crippen LogP contribution in [0.2, 0.25) is 0 Å². The van der Waals surface area contributed by atoms with E-state index in [1.54, 1.807) is 19.2 Å². The van der Waals surface area contributed by atoms with Gasteiger partial charge < -0.3 is 29.2 Å². The molecule has 1 saturated heterocycles. The second kappa shape index (κ2) is 11.0. The fraction of sp³-hybridized carbons (Fsp3) is 0.200. The third-order valence-corrected chi connectivity index (χ3v) is 7.21. The van der Waals surface area contributed by atoms with Crippen LogP contribution in [0.1, 0.15) is 22.7 Å². The van der Waals surface area contributed by atoms with Crippen molar-refractivity contribution in [2.75, 3.05) is 27.9 Å². The summed E-state index contributed by atoms with van der Waals surface area (Å²) in [5, 5.41) is 23.6. The summed E-state index contributed by atoms with van der Waals surface area (Å²) in [6, 6.07) is 14.9. The topological polar surface area (TPSA) is 144 Å². The zero-order valence-corrected chi connectivity index (χ0v) is 22.5. The number of hydrogen-bond acceptors (Lipinski definition) is 8. The van der Waals surface area contributed by atoms with Crippen LogP contribution < -0.4 is 14.2 Å². The summed E-state index contributed by atoms with van der Waals surface area (Å²) >= 11 is 0. The van der Waals surface area contributed by atoms with E-state index in [2.05, 4.69) is 4.98 Å². The van der Waals surface area contributed by atoms with Gasteiger partial charge in [0.15, 0.2) is 11.5 Å². The van der Waals surface area contributed by atoms with Gasteiger partial charge in [0.2, 0.25) is 0 Å². The Balaban J connectivity index is 1.58. The van der Waals surface area contributed by atoms with Gasteiger partial charge in [0.1, 0.15) is 11.5 Å². The zero-order valence-electron chi connectivity index (χ0n) is 22.5. The van der Waals surface area contributed by atoms with Crippen LogP contribution in [-0.2, 0) is 16.0 Å². The molecule has 1 aliphatic heterocycles. The molecule has 3 aromatic carbocycles. The standard InChI is InChI=1S/C30H27N3O8/c1-39-21-9-10-23-22(15-21)19(16-31-23)12-13-32-27(17-4-7-20(8-5-17)33(37)38)26(29(35)30(32)36)28(34)18-6-11-24(40-2)25(14-18)41-3/h4-11,14-16,27,31,34H,12-13H2,1-3H3/t27-/m0/s1. The number of fused-ring (bicyclic) bond motifs is 1. The van der Waals surface area contributed by atoms with E-state index in [1.165, 1.54) is 49.5 Å². The quantitative estimate of drug-likeness (QED) is 0.0985. The highest BCUT2D eigenvalue weighted by atomic mass is 16.6. The lowest BCUT2D eigenvalue weighted by atomic mass is 9.95. The second-order valence-electron chi connectivity index (χ2n) is 9.39. The van der Waals surface area contributed by atoms with Crippen LogP contribution in [0.3, 0.4) is 0 Å². The van der Waals surface area contributed by atoms with Gasteiger partial charge in [-0.2, -0.15) is 0 Å². The van der Waals surface area contributed by atoms with E-state index in [0.29, 0.717) is 29.2 Å². The van der Waals surface area contributed by atoms with Crippen molar-refractivity contribution in [3.8, 4) is 17.2 Å². The maximum Gasteiger partial charge on any atom is 0.295 e.